The second-order valence-electron chi connectivity index (χ2n) is 4.86. The lowest BCUT2D eigenvalue weighted by Gasteiger charge is -2.15. The minimum Gasteiger partial charge on any atom is -0.346 e. The number of hydrogen-bond acceptors (Lipinski definition) is 6. The van der Waals surface area contributed by atoms with Crippen molar-refractivity contribution < 1.29 is 4.79 Å². The largest absolute Gasteiger partial charge is 0.346 e. The summed E-state index contributed by atoms with van der Waals surface area (Å²) in [5.74, 6) is -0.0132. The van der Waals surface area contributed by atoms with Crippen LogP contribution >= 0.6 is 34.0 Å². The van der Waals surface area contributed by atoms with Gasteiger partial charge in [-0.25, -0.2) is 9.97 Å². The van der Waals surface area contributed by atoms with Crippen LogP contribution in [0.15, 0.2) is 33.8 Å². The molecule has 3 aromatic rings. The van der Waals surface area contributed by atoms with Crippen LogP contribution in [0.5, 0.6) is 0 Å². The summed E-state index contributed by atoms with van der Waals surface area (Å²) in [6.07, 6.45) is 2.85. The van der Waals surface area contributed by atoms with Gasteiger partial charge in [-0.2, -0.15) is 11.3 Å². The second kappa shape index (κ2) is 7.13. The second-order valence-corrected chi connectivity index (χ2v) is 7.63. The van der Waals surface area contributed by atoms with Gasteiger partial charge in [-0.05, 0) is 29.3 Å². The number of amides is 1. The van der Waals surface area contributed by atoms with E-state index in [1.807, 2.05) is 23.1 Å². The molecule has 0 aromatic carbocycles. The third kappa shape index (κ3) is 4.00. The van der Waals surface area contributed by atoms with E-state index in [2.05, 4.69) is 26.7 Å². The average Bonchev–Trinajstić information content (AvgIpc) is 3.20. The van der Waals surface area contributed by atoms with E-state index in [0.717, 1.165) is 22.1 Å². The maximum Gasteiger partial charge on any atom is 0.226 e. The van der Waals surface area contributed by atoms with Crippen molar-refractivity contribution in [1.29, 1.82) is 0 Å². The monoisotopic (exact) mass is 349 g/mol. The highest BCUT2D eigenvalue weighted by atomic mass is 32.1. The molecule has 0 aliphatic rings. The van der Waals surface area contributed by atoms with Crippen LogP contribution < -0.4 is 5.32 Å². The van der Waals surface area contributed by atoms with Gasteiger partial charge in [-0.15, -0.1) is 22.7 Å². The fourth-order valence-corrected chi connectivity index (χ4v) is 4.13. The van der Waals surface area contributed by atoms with Crippen molar-refractivity contribution in [1.82, 2.24) is 15.3 Å². The van der Waals surface area contributed by atoms with Crippen LogP contribution in [0.25, 0.3) is 0 Å². The fourth-order valence-electron chi connectivity index (χ4n) is 2.15. The Bertz CT molecular complexity index is 719. The first kappa shape index (κ1) is 15.3. The molecular formula is C15H15N3OS3. The molecule has 0 aliphatic carbocycles. The van der Waals surface area contributed by atoms with Gasteiger partial charge in [0.1, 0.15) is 5.01 Å². The first-order valence-corrected chi connectivity index (χ1v) is 9.52. The Labute approximate surface area is 140 Å². The van der Waals surface area contributed by atoms with Gasteiger partial charge in [0.15, 0.2) is 0 Å². The molecule has 0 bridgehead atoms. The lowest BCUT2D eigenvalue weighted by Crippen LogP contribution is -2.31. The number of nitrogens with one attached hydrogen (secondary N) is 1. The van der Waals surface area contributed by atoms with Crippen LogP contribution in [0, 0.1) is 6.92 Å². The molecule has 3 heterocycles. The molecule has 1 atom stereocenters. The molecule has 0 radical (unpaired) electrons. The third-order valence-corrected chi connectivity index (χ3v) is 5.56. The van der Waals surface area contributed by atoms with Crippen molar-refractivity contribution in [3.05, 3.63) is 55.1 Å². The number of hydrogen-bond donors (Lipinski definition) is 1. The van der Waals surface area contributed by atoms with Crippen LogP contribution in [-0.4, -0.2) is 15.9 Å². The van der Waals surface area contributed by atoms with Crippen molar-refractivity contribution in [2.24, 2.45) is 0 Å². The number of aromatic nitrogens is 2. The quantitative estimate of drug-likeness (QED) is 0.739. The number of carbonyl (C=O) groups is 1. The molecule has 3 aromatic heterocycles. The maximum atomic E-state index is 12.3. The van der Waals surface area contributed by atoms with Crippen LogP contribution in [0.1, 0.15) is 27.3 Å². The molecule has 1 unspecified atom stereocenters. The van der Waals surface area contributed by atoms with E-state index in [1.165, 1.54) is 5.56 Å². The highest BCUT2D eigenvalue weighted by molar-refractivity contribution is 7.10. The molecule has 0 spiro atoms. The molecular weight excluding hydrogens is 334 g/mol. The number of aryl methyl sites for hydroxylation is 1. The highest BCUT2D eigenvalue weighted by Crippen LogP contribution is 2.22. The predicted molar refractivity (Wildman–Crippen MR) is 91.6 cm³/mol. The zero-order chi connectivity index (χ0) is 15.4. The van der Waals surface area contributed by atoms with Crippen LogP contribution in [0.4, 0.5) is 0 Å². The molecule has 7 heteroatoms. The molecule has 0 aliphatic heterocycles. The first-order chi connectivity index (χ1) is 10.7. The van der Waals surface area contributed by atoms with Crippen molar-refractivity contribution in [2.45, 2.75) is 25.8 Å². The molecule has 0 saturated heterocycles. The third-order valence-electron chi connectivity index (χ3n) is 3.11. The van der Waals surface area contributed by atoms with Gasteiger partial charge in [-0.3, -0.25) is 4.79 Å². The predicted octanol–water partition coefficient (Wildman–Crippen LogP) is 3.61. The Morgan fingerprint density at radius 2 is 2.23 bits per heavy atom. The molecule has 4 nitrogen and oxygen atoms in total. The van der Waals surface area contributed by atoms with E-state index in [-0.39, 0.29) is 11.9 Å². The summed E-state index contributed by atoms with van der Waals surface area (Å²) in [4.78, 5) is 21.0. The van der Waals surface area contributed by atoms with Crippen molar-refractivity contribution in [3.8, 4) is 0 Å². The first-order valence-electron chi connectivity index (χ1n) is 6.81. The van der Waals surface area contributed by atoms with Crippen molar-refractivity contribution in [2.75, 3.05) is 0 Å². The zero-order valence-corrected chi connectivity index (χ0v) is 14.4. The van der Waals surface area contributed by atoms with E-state index in [0.29, 0.717) is 6.42 Å². The number of nitrogens with zero attached hydrogens (tertiary/aromatic N) is 2. The standard InChI is InChI=1S/C15H15N3OS3/c1-10-17-12(9-22-10)7-14(19)18-13(15-16-3-5-21-15)6-11-2-4-20-8-11/h2-5,8-9,13H,6-7H2,1H3,(H,18,19). The topological polar surface area (TPSA) is 54.9 Å². The summed E-state index contributed by atoms with van der Waals surface area (Å²) in [5, 5.41) is 13.0. The number of carbonyl (C=O) groups excluding carboxylic acids is 1. The Morgan fingerprint density at radius 3 is 2.86 bits per heavy atom. The number of thiazole rings is 2. The number of rotatable bonds is 6. The summed E-state index contributed by atoms with van der Waals surface area (Å²) in [5.41, 5.74) is 2.04. The summed E-state index contributed by atoms with van der Waals surface area (Å²) >= 11 is 4.80. The highest BCUT2D eigenvalue weighted by Gasteiger charge is 2.18. The SMILES string of the molecule is Cc1nc(CC(=O)NC(Cc2ccsc2)c2nccs2)cs1. The van der Waals surface area contributed by atoms with Gasteiger partial charge in [-0.1, -0.05) is 0 Å². The minimum atomic E-state index is -0.0816. The van der Waals surface area contributed by atoms with Gasteiger partial charge in [0, 0.05) is 23.4 Å². The summed E-state index contributed by atoms with van der Waals surface area (Å²) in [6, 6.07) is 2.00. The molecule has 22 heavy (non-hydrogen) atoms. The molecule has 114 valence electrons. The molecule has 1 amide bonds. The van der Waals surface area contributed by atoms with Gasteiger partial charge < -0.3 is 5.32 Å². The fraction of sp³-hybridized carbons (Fsp3) is 0.267. The lowest BCUT2D eigenvalue weighted by atomic mass is 10.1. The Morgan fingerprint density at radius 1 is 1.32 bits per heavy atom. The molecule has 1 N–H and O–H groups in total. The Hall–Kier alpha value is -1.57. The maximum absolute atomic E-state index is 12.3. The van der Waals surface area contributed by atoms with E-state index in [4.69, 9.17) is 0 Å². The Balaban J connectivity index is 1.68. The molecule has 3 rings (SSSR count). The van der Waals surface area contributed by atoms with E-state index in [1.54, 1.807) is 40.2 Å². The van der Waals surface area contributed by atoms with Crippen LogP contribution in [0.3, 0.4) is 0 Å². The summed E-state index contributed by atoms with van der Waals surface area (Å²) < 4.78 is 0. The van der Waals surface area contributed by atoms with Gasteiger partial charge in [0.2, 0.25) is 5.91 Å². The average molecular weight is 350 g/mol. The van der Waals surface area contributed by atoms with Crippen LogP contribution in [-0.2, 0) is 17.6 Å². The number of thiophene rings is 1. The van der Waals surface area contributed by atoms with Gasteiger partial charge in [0.25, 0.3) is 0 Å². The molecule has 0 saturated carbocycles. The normalized spacial score (nSPS) is 12.2. The lowest BCUT2D eigenvalue weighted by molar-refractivity contribution is -0.121. The Kier molecular flexibility index (Phi) is 4.97. The minimum absolute atomic E-state index is 0.0132. The summed E-state index contributed by atoms with van der Waals surface area (Å²) in [7, 11) is 0. The molecule has 0 fully saturated rings. The summed E-state index contributed by atoms with van der Waals surface area (Å²) in [6.45, 7) is 1.95. The van der Waals surface area contributed by atoms with Crippen molar-refractivity contribution in [3.63, 3.8) is 0 Å². The van der Waals surface area contributed by atoms with E-state index < -0.39 is 0 Å². The van der Waals surface area contributed by atoms with Crippen LogP contribution in [0.2, 0.25) is 0 Å². The van der Waals surface area contributed by atoms with Gasteiger partial charge in [0.05, 0.1) is 23.2 Å². The smallest absolute Gasteiger partial charge is 0.226 e. The van der Waals surface area contributed by atoms with Gasteiger partial charge >= 0.3 is 0 Å². The van der Waals surface area contributed by atoms with Crippen molar-refractivity contribution >= 4 is 39.9 Å². The van der Waals surface area contributed by atoms with E-state index >= 15 is 0 Å². The van der Waals surface area contributed by atoms with E-state index in [9.17, 15) is 4.79 Å². The zero-order valence-electron chi connectivity index (χ0n) is 12.0.